The van der Waals surface area contributed by atoms with Crippen molar-refractivity contribution in [2.45, 2.75) is 26.5 Å². The van der Waals surface area contributed by atoms with Gasteiger partial charge in [-0.15, -0.1) is 0 Å². The quantitative estimate of drug-likeness (QED) is 0.851. The maximum Gasteiger partial charge on any atom is 0.355 e. The Balaban J connectivity index is 2.05. The minimum absolute atomic E-state index is 0.183. The summed E-state index contributed by atoms with van der Waals surface area (Å²) in [5.74, 6) is -0.380. The Morgan fingerprint density at radius 3 is 2.95 bits per heavy atom. The SMILES string of the molecule is CCCn1cc(N)cc1C(=O)OCc1cncc(Br)c1. The van der Waals surface area contributed by atoms with Crippen molar-refractivity contribution in [1.29, 1.82) is 0 Å². The number of hydrogen-bond donors (Lipinski definition) is 1. The molecule has 2 aromatic heterocycles. The van der Waals surface area contributed by atoms with Gasteiger partial charge in [-0.25, -0.2) is 4.79 Å². The topological polar surface area (TPSA) is 70.1 Å². The van der Waals surface area contributed by atoms with Crippen LogP contribution in [0.5, 0.6) is 0 Å². The Bertz CT molecular complexity index is 610. The summed E-state index contributed by atoms with van der Waals surface area (Å²) in [7, 11) is 0. The molecule has 0 spiro atoms. The number of anilines is 1. The van der Waals surface area contributed by atoms with Gasteiger partial charge in [0.15, 0.2) is 0 Å². The highest BCUT2D eigenvalue weighted by Crippen LogP contribution is 2.15. The Hall–Kier alpha value is -1.82. The van der Waals surface area contributed by atoms with E-state index in [1.54, 1.807) is 24.7 Å². The molecule has 0 atom stereocenters. The van der Waals surface area contributed by atoms with E-state index in [0.29, 0.717) is 11.4 Å². The number of hydrogen-bond acceptors (Lipinski definition) is 4. The molecule has 5 nitrogen and oxygen atoms in total. The summed E-state index contributed by atoms with van der Waals surface area (Å²) in [6.07, 6.45) is 6.01. The van der Waals surface area contributed by atoms with Gasteiger partial charge in [0.1, 0.15) is 12.3 Å². The molecule has 2 rings (SSSR count). The Kier molecular flexibility index (Phi) is 4.79. The van der Waals surface area contributed by atoms with Crippen LogP contribution in [0.4, 0.5) is 5.69 Å². The lowest BCUT2D eigenvalue weighted by molar-refractivity contribution is 0.0459. The van der Waals surface area contributed by atoms with Gasteiger partial charge in [-0.1, -0.05) is 6.92 Å². The molecule has 0 saturated heterocycles. The van der Waals surface area contributed by atoms with E-state index in [9.17, 15) is 4.79 Å². The maximum absolute atomic E-state index is 12.1. The average molecular weight is 338 g/mol. The van der Waals surface area contributed by atoms with E-state index < -0.39 is 0 Å². The second-order valence-corrected chi connectivity index (χ2v) is 5.36. The number of carbonyl (C=O) groups excluding carboxylic acids is 1. The van der Waals surface area contributed by atoms with Gasteiger partial charge in [0.2, 0.25) is 0 Å². The van der Waals surface area contributed by atoms with Crippen LogP contribution in [-0.4, -0.2) is 15.5 Å². The number of halogens is 1. The predicted molar refractivity (Wildman–Crippen MR) is 80.2 cm³/mol. The molecule has 0 radical (unpaired) electrons. The van der Waals surface area contributed by atoms with Crippen molar-refractivity contribution < 1.29 is 9.53 Å². The van der Waals surface area contributed by atoms with E-state index in [-0.39, 0.29) is 12.6 Å². The van der Waals surface area contributed by atoms with E-state index in [4.69, 9.17) is 10.5 Å². The molecule has 6 heteroatoms. The molecule has 0 aliphatic rings. The number of ether oxygens (including phenoxy) is 1. The molecule has 0 aromatic carbocycles. The van der Waals surface area contributed by atoms with Crippen LogP contribution in [0.25, 0.3) is 0 Å². The van der Waals surface area contributed by atoms with Crippen LogP contribution >= 0.6 is 15.9 Å². The number of nitrogens with two attached hydrogens (primary N) is 1. The monoisotopic (exact) mass is 337 g/mol. The first kappa shape index (κ1) is 14.6. The van der Waals surface area contributed by atoms with Gasteiger partial charge >= 0.3 is 5.97 Å². The molecular formula is C14H16BrN3O2. The second-order valence-electron chi connectivity index (χ2n) is 4.44. The third-order valence-corrected chi connectivity index (χ3v) is 3.16. The van der Waals surface area contributed by atoms with Crippen molar-refractivity contribution >= 4 is 27.6 Å². The van der Waals surface area contributed by atoms with Crippen LogP contribution in [-0.2, 0) is 17.9 Å². The third kappa shape index (κ3) is 3.60. The second kappa shape index (κ2) is 6.56. The van der Waals surface area contributed by atoms with E-state index >= 15 is 0 Å². The number of nitrogen functional groups attached to an aromatic ring is 1. The van der Waals surface area contributed by atoms with Crippen LogP contribution < -0.4 is 5.73 Å². The van der Waals surface area contributed by atoms with Crippen molar-refractivity contribution in [2.24, 2.45) is 0 Å². The molecule has 0 amide bonds. The van der Waals surface area contributed by atoms with Crippen LogP contribution in [0.1, 0.15) is 29.4 Å². The summed E-state index contributed by atoms with van der Waals surface area (Å²) in [4.78, 5) is 16.1. The molecule has 0 unspecified atom stereocenters. The summed E-state index contributed by atoms with van der Waals surface area (Å²) in [5, 5.41) is 0. The van der Waals surface area contributed by atoms with Gasteiger partial charge in [0.05, 0.1) is 5.69 Å². The maximum atomic E-state index is 12.1. The molecule has 0 aliphatic carbocycles. The summed E-state index contributed by atoms with van der Waals surface area (Å²) in [5.41, 5.74) is 7.60. The van der Waals surface area contributed by atoms with Crippen molar-refractivity contribution in [3.63, 3.8) is 0 Å². The van der Waals surface area contributed by atoms with E-state index in [1.807, 2.05) is 17.6 Å². The van der Waals surface area contributed by atoms with Gasteiger partial charge in [-0.2, -0.15) is 0 Å². The van der Waals surface area contributed by atoms with Gasteiger partial charge in [0.25, 0.3) is 0 Å². The molecular weight excluding hydrogens is 322 g/mol. The van der Waals surface area contributed by atoms with Crippen LogP contribution in [0.3, 0.4) is 0 Å². The normalized spacial score (nSPS) is 10.5. The fourth-order valence-corrected chi connectivity index (χ4v) is 2.30. The fraction of sp³-hybridized carbons (Fsp3) is 0.286. The van der Waals surface area contributed by atoms with E-state index in [0.717, 1.165) is 23.0 Å². The molecule has 106 valence electrons. The number of nitrogens with zero attached hydrogens (tertiary/aromatic N) is 2. The minimum Gasteiger partial charge on any atom is -0.456 e. The molecule has 0 bridgehead atoms. The highest BCUT2D eigenvalue weighted by atomic mass is 79.9. The van der Waals surface area contributed by atoms with Gasteiger partial charge in [-0.05, 0) is 34.5 Å². The standard InChI is InChI=1S/C14H16BrN3O2/c1-2-3-18-8-12(16)5-13(18)14(19)20-9-10-4-11(15)7-17-6-10/h4-8H,2-3,9,16H2,1H3. The number of rotatable bonds is 5. The molecule has 0 saturated carbocycles. The Morgan fingerprint density at radius 2 is 2.25 bits per heavy atom. The number of aryl methyl sites for hydroxylation is 1. The largest absolute Gasteiger partial charge is 0.456 e. The zero-order valence-electron chi connectivity index (χ0n) is 11.2. The Labute approximate surface area is 125 Å². The van der Waals surface area contributed by atoms with Crippen LogP contribution in [0, 0.1) is 0 Å². The van der Waals surface area contributed by atoms with E-state index in [2.05, 4.69) is 20.9 Å². The predicted octanol–water partition coefficient (Wildman–Crippen LogP) is 2.99. The van der Waals surface area contributed by atoms with Crippen molar-refractivity contribution in [1.82, 2.24) is 9.55 Å². The van der Waals surface area contributed by atoms with Crippen LogP contribution in [0.2, 0.25) is 0 Å². The van der Waals surface area contributed by atoms with Crippen molar-refractivity contribution in [3.05, 3.63) is 46.5 Å². The van der Waals surface area contributed by atoms with Crippen molar-refractivity contribution in [3.8, 4) is 0 Å². The zero-order chi connectivity index (χ0) is 14.5. The smallest absolute Gasteiger partial charge is 0.355 e. The van der Waals surface area contributed by atoms with Crippen LogP contribution in [0.15, 0.2) is 35.2 Å². The molecule has 20 heavy (non-hydrogen) atoms. The molecule has 2 aromatic rings. The van der Waals surface area contributed by atoms with Gasteiger partial charge in [-0.3, -0.25) is 4.98 Å². The van der Waals surface area contributed by atoms with E-state index in [1.165, 1.54) is 0 Å². The number of pyridine rings is 1. The lowest BCUT2D eigenvalue weighted by atomic mass is 10.3. The Morgan fingerprint density at radius 1 is 1.45 bits per heavy atom. The first-order chi connectivity index (χ1) is 9.60. The molecule has 0 aliphatic heterocycles. The summed E-state index contributed by atoms with van der Waals surface area (Å²) in [6.45, 7) is 2.96. The molecule has 0 fully saturated rings. The molecule has 2 N–H and O–H groups in total. The van der Waals surface area contributed by atoms with Gasteiger partial charge in [0, 0.05) is 35.2 Å². The average Bonchev–Trinajstić information content (AvgIpc) is 2.78. The number of esters is 1. The first-order valence-corrected chi connectivity index (χ1v) is 7.11. The van der Waals surface area contributed by atoms with Gasteiger partial charge < -0.3 is 15.0 Å². The summed E-state index contributed by atoms with van der Waals surface area (Å²) in [6, 6.07) is 3.50. The number of aromatic nitrogens is 2. The highest BCUT2D eigenvalue weighted by Gasteiger charge is 2.14. The third-order valence-electron chi connectivity index (χ3n) is 2.72. The minimum atomic E-state index is -0.380. The van der Waals surface area contributed by atoms with Crippen molar-refractivity contribution in [2.75, 3.05) is 5.73 Å². The summed E-state index contributed by atoms with van der Waals surface area (Å²) < 4.78 is 7.96. The lowest BCUT2D eigenvalue weighted by Gasteiger charge is -2.08. The zero-order valence-corrected chi connectivity index (χ0v) is 12.8. The first-order valence-electron chi connectivity index (χ1n) is 6.32. The highest BCUT2D eigenvalue weighted by molar-refractivity contribution is 9.10. The molecule has 2 heterocycles. The lowest BCUT2D eigenvalue weighted by Crippen LogP contribution is -2.11. The summed E-state index contributed by atoms with van der Waals surface area (Å²) >= 11 is 3.33. The fourth-order valence-electron chi connectivity index (χ4n) is 1.89. The number of carbonyl (C=O) groups is 1.